The van der Waals surface area contributed by atoms with Gasteiger partial charge >= 0.3 is 6.18 Å². The minimum atomic E-state index is -4.63. The lowest BCUT2D eigenvalue weighted by Gasteiger charge is -2.39. The van der Waals surface area contributed by atoms with Crippen molar-refractivity contribution in [3.63, 3.8) is 0 Å². The van der Waals surface area contributed by atoms with Gasteiger partial charge in [0.1, 0.15) is 23.6 Å². The lowest BCUT2D eigenvalue weighted by molar-refractivity contribution is -0.141. The van der Waals surface area contributed by atoms with Crippen LogP contribution in [0.15, 0.2) is 18.6 Å². The molecule has 188 valence electrons. The summed E-state index contributed by atoms with van der Waals surface area (Å²) in [5, 5.41) is 13.5. The minimum Gasteiger partial charge on any atom is -0.390 e. The third-order valence-electron chi connectivity index (χ3n) is 6.79. The molecule has 0 aromatic carbocycles. The molecule has 2 saturated heterocycles. The van der Waals surface area contributed by atoms with Crippen LogP contribution in [-0.2, 0) is 19.3 Å². The number of nitrogens with zero attached hydrogens (tertiary/aromatic N) is 8. The zero-order chi connectivity index (χ0) is 24.8. The second kappa shape index (κ2) is 8.81. The predicted octanol–water partition coefficient (Wildman–Crippen LogP) is 2.89. The van der Waals surface area contributed by atoms with Crippen molar-refractivity contribution in [2.45, 2.75) is 45.0 Å². The van der Waals surface area contributed by atoms with E-state index in [-0.39, 0.29) is 16.9 Å². The van der Waals surface area contributed by atoms with Gasteiger partial charge in [-0.25, -0.2) is 33.4 Å². The molecule has 5 rings (SSSR count). The van der Waals surface area contributed by atoms with Gasteiger partial charge < -0.3 is 14.9 Å². The number of fused-ring (bicyclic) bond motifs is 1. The molecular formula is C21H23F5N8O. The van der Waals surface area contributed by atoms with Crippen LogP contribution < -0.4 is 9.80 Å². The topological polar surface area (TPSA) is 96.1 Å². The average molecular weight is 498 g/mol. The van der Waals surface area contributed by atoms with E-state index in [0.29, 0.717) is 49.4 Å². The lowest BCUT2D eigenvalue weighted by atomic mass is 9.78. The van der Waals surface area contributed by atoms with Gasteiger partial charge in [-0.3, -0.25) is 0 Å². The molecule has 0 atom stereocenters. The van der Waals surface area contributed by atoms with Crippen LogP contribution in [-0.4, -0.2) is 67.4 Å². The van der Waals surface area contributed by atoms with E-state index >= 15 is 0 Å². The highest BCUT2D eigenvalue weighted by atomic mass is 19.4. The Hall–Kier alpha value is -3.16. The fourth-order valence-electron chi connectivity index (χ4n) is 4.92. The molecule has 9 nitrogen and oxygen atoms in total. The number of aliphatic hydroxyl groups excluding tert-OH is 1. The molecule has 2 aliphatic rings. The Bertz CT molecular complexity index is 1210. The summed E-state index contributed by atoms with van der Waals surface area (Å²) in [6.45, 7) is 1.35. The molecule has 1 N–H and O–H groups in total. The van der Waals surface area contributed by atoms with Crippen molar-refractivity contribution in [1.82, 2.24) is 29.7 Å². The molecule has 2 aliphatic heterocycles. The van der Waals surface area contributed by atoms with Crippen molar-refractivity contribution in [2.24, 2.45) is 5.41 Å². The maximum Gasteiger partial charge on any atom is 0.434 e. The molecule has 3 aromatic rings. The van der Waals surface area contributed by atoms with E-state index in [1.165, 1.54) is 6.20 Å². The number of hydrogen-bond donors (Lipinski definition) is 1. The molecule has 1 spiro atoms. The van der Waals surface area contributed by atoms with E-state index in [1.54, 1.807) is 6.20 Å². The molecule has 35 heavy (non-hydrogen) atoms. The normalized spacial score (nSPS) is 18.4. The molecule has 3 aromatic heterocycles. The first-order chi connectivity index (χ1) is 16.7. The molecule has 14 heteroatoms. The summed E-state index contributed by atoms with van der Waals surface area (Å²) in [7, 11) is 0. The number of alkyl halides is 5. The zero-order valence-electron chi connectivity index (χ0n) is 18.6. The van der Waals surface area contributed by atoms with E-state index in [4.69, 9.17) is 0 Å². The van der Waals surface area contributed by atoms with Gasteiger partial charge in [-0.05, 0) is 24.7 Å². The Balaban J connectivity index is 1.28. The number of aromatic nitrogens is 6. The lowest BCUT2D eigenvalue weighted by Crippen LogP contribution is -2.42. The van der Waals surface area contributed by atoms with Gasteiger partial charge in [-0.15, -0.1) is 0 Å². The molecule has 0 amide bonds. The maximum atomic E-state index is 13.0. The Labute approximate surface area is 196 Å². The van der Waals surface area contributed by atoms with E-state index < -0.39 is 31.4 Å². The summed E-state index contributed by atoms with van der Waals surface area (Å²) < 4.78 is 65.7. The Morgan fingerprint density at radius 2 is 1.69 bits per heavy atom. The fourth-order valence-corrected chi connectivity index (χ4v) is 4.92. The van der Waals surface area contributed by atoms with Crippen molar-refractivity contribution in [2.75, 3.05) is 36.0 Å². The number of halogens is 5. The van der Waals surface area contributed by atoms with Crippen LogP contribution in [0.25, 0.3) is 11.2 Å². The summed E-state index contributed by atoms with van der Waals surface area (Å²) in [6.07, 6.45) is -1.000. The smallest absolute Gasteiger partial charge is 0.390 e. The number of hydrogen-bond acceptors (Lipinski definition) is 8. The molecule has 0 unspecified atom stereocenters. The molecule has 0 bridgehead atoms. The van der Waals surface area contributed by atoms with Crippen molar-refractivity contribution >= 4 is 22.8 Å². The Kier molecular flexibility index (Phi) is 5.93. The molecule has 0 radical (unpaired) electrons. The molecule has 2 fully saturated rings. The maximum absolute atomic E-state index is 13.0. The van der Waals surface area contributed by atoms with Crippen LogP contribution in [0.3, 0.4) is 0 Å². The second-order valence-corrected chi connectivity index (χ2v) is 8.99. The van der Waals surface area contributed by atoms with Crippen molar-refractivity contribution in [1.29, 1.82) is 0 Å². The molecular weight excluding hydrogens is 475 g/mol. The third kappa shape index (κ3) is 4.58. The number of rotatable bonds is 5. The largest absolute Gasteiger partial charge is 0.434 e. The molecule has 0 saturated carbocycles. The first kappa shape index (κ1) is 23.6. The molecule has 0 aliphatic carbocycles. The summed E-state index contributed by atoms with van der Waals surface area (Å²) in [6, 6.07) is 0. The second-order valence-electron chi connectivity index (χ2n) is 8.99. The van der Waals surface area contributed by atoms with E-state index in [9.17, 15) is 27.1 Å². The first-order valence-electron chi connectivity index (χ1n) is 11.2. The minimum absolute atomic E-state index is 0.0530. The SMILES string of the molecule is OCc1nc(C(F)(F)F)cnc1N1CCC2(CCN(c3cnc4cnn(CC(F)F)c4n3)CC2)C1. The fraction of sp³-hybridized carbons (Fsp3) is 0.571. The number of anilines is 2. The number of aliphatic hydroxyl groups is 1. The standard InChI is InChI=1S/C21H23F5N8O/c22-16(23)10-34-19-13(7-29-34)27-9-17(31-19)32-4-1-20(2-5-32)3-6-33(12-20)18-14(11-35)30-15(8-28-18)21(24,25)26/h7-9,16,35H,1-6,10-12H2. The van der Waals surface area contributed by atoms with Crippen LogP contribution >= 0.6 is 0 Å². The van der Waals surface area contributed by atoms with Gasteiger partial charge in [0.05, 0.1) is 25.2 Å². The highest BCUT2D eigenvalue weighted by Crippen LogP contribution is 2.43. The highest BCUT2D eigenvalue weighted by molar-refractivity contribution is 5.71. The monoisotopic (exact) mass is 498 g/mol. The molecule has 5 heterocycles. The highest BCUT2D eigenvalue weighted by Gasteiger charge is 2.42. The first-order valence-corrected chi connectivity index (χ1v) is 11.2. The van der Waals surface area contributed by atoms with E-state index in [0.717, 1.165) is 23.9 Å². The van der Waals surface area contributed by atoms with Crippen molar-refractivity contribution in [3.05, 3.63) is 30.0 Å². The van der Waals surface area contributed by atoms with Crippen molar-refractivity contribution < 1.29 is 27.1 Å². The third-order valence-corrected chi connectivity index (χ3v) is 6.79. The zero-order valence-corrected chi connectivity index (χ0v) is 18.6. The van der Waals surface area contributed by atoms with Crippen LogP contribution in [0.1, 0.15) is 30.7 Å². The summed E-state index contributed by atoms with van der Waals surface area (Å²) in [5.41, 5.74) is -0.499. The van der Waals surface area contributed by atoms with Gasteiger partial charge in [0, 0.05) is 26.2 Å². The number of piperidine rings is 1. The summed E-state index contributed by atoms with van der Waals surface area (Å²) in [4.78, 5) is 20.3. The quantitative estimate of drug-likeness (QED) is 0.537. The van der Waals surface area contributed by atoms with Gasteiger partial charge in [0.25, 0.3) is 6.43 Å². The van der Waals surface area contributed by atoms with Crippen LogP contribution in [0.2, 0.25) is 0 Å². The summed E-state index contributed by atoms with van der Waals surface area (Å²) in [5.74, 6) is 0.873. The Morgan fingerprint density at radius 3 is 2.34 bits per heavy atom. The van der Waals surface area contributed by atoms with E-state index in [2.05, 4.69) is 29.9 Å². The predicted molar refractivity (Wildman–Crippen MR) is 115 cm³/mol. The van der Waals surface area contributed by atoms with Gasteiger partial charge in [0.2, 0.25) is 0 Å². The Morgan fingerprint density at radius 1 is 0.971 bits per heavy atom. The van der Waals surface area contributed by atoms with Crippen LogP contribution in [0.4, 0.5) is 33.6 Å². The van der Waals surface area contributed by atoms with Gasteiger partial charge in [-0.2, -0.15) is 18.3 Å². The van der Waals surface area contributed by atoms with Gasteiger partial charge in [0.15, 0.2) is 17.2 Å². The van der Waals surface area contributed by atoms with Crippen LogP contribution in [0, 0.1) is 5.41 Å². The average Bonchev–Trinajstić information content (AvgIpc) is 3.42. The van der Waals surface area contributed by atoms with Gasteiger partial charge in [-0.1, -0.05) is 0 Å². The van der Waals surface area contributed by atoms with Crippen LogP contribution in [0.5, 0.6) is 0 Å². The van der Waals surface area contributed by atoms with Crippen molar-refractivity contribution in [3.8, 4) is 0 Å². The summed E-state index contributed by atoms with van der Waals surface area (Å²) >= 11 is 0. The van der Waals surface area contributed by atoms with E-state index in [1.807, 2.05) is 4.90 Å².